The SMILES string of the molecule is Cc1c(CC(C)C)nc[nH]c1=O. The quantitative estimate of drug-likeness (QED) is 0.719. The number of nitrogens with zero attached hydrogens (tertiary/aromatic N) is 1. The van der Waals surface area contributed by atoms with Crippen LogP contribution in [0.15, 0.2) is 11.1 Å². The van der Waals surface area contributed by atoms with Gasteiger partial charge in [-0.25, -0.2) is 4.98 Å². The van der Waals surface area contributed by atoms with Gasteiger partial charge < -0.3 is 4.98 Å². The van der Waals surface area contributed by atoms with Crippen molar-refractivity contribution in [1.82, 2.24) is 9.97 Å². The average Bonchev–Trinajstić information content (AvgIpc) is 1.98. The van der Waals surface area contributed by atoms with Crippen molar-refractivity contribution in [2.24, 2.45) is 5.92 Å². The largest absolute Gasteiger partial charge is 0.313 e. The van der Waals surface area contributed by atoms with Crippen LogP contribution in [0.2, 0.25) is 0 Å². The fraction of sp³-hybridized carbons (Fsp3) is 0.556. The minimum Gasteiger partial charge on any atom is -0.313 e. The number of aromatic nitrogens is 2. The molecule has 0 aliphatic rings. The second kappa shape index (κ2) is 3.52. The molecule has 66 valence electrons. The molecular weight excluding hydrogens is 152 g/mol. The van der Waals surface area contributed by atoms with Crippen LogP contribution in [0.4, 0.5) is 0 Å². The molecule has 0 fully saturated rings. The van der Waals surface area contributed by atoms with E-state index < -0.39 is 0 Å². The molecule has 0 aliphatic heterocycles. The third-order valence-electron chi connectivity index (χ3n) is 1.79. The Morgan fingerprint density at radius 1 is 1.58 bits per heavy atom. The average molecular weight is 166 g/mol. The van der Waals surface area contributed by atoms with Gasteiger partial charge in [-0.1, -0.05) is 13.8 Å². The molecular formula is C9H14N2O. The highest BCUT2D eigenvalue weighted by atomic mass is 16.1. The van der Waals surface area contributed by atoms with E-state index in [1.807, 2.05) is 6.92 Å². The van der Waals surface area contributed by atoms with Gasteiger partial charge in [-0.2, -0.15) is 0 Å². The van der Waals surface area contributed by atoms with Gasteiger partial charge in [0, 0.05) is 5.56 Å². The zero-order valence-electron chi connectivity index (χ0n) is 7.72. The van der Waals surface area contributed by atoms with E-state index in [1.54, 1.807) is 0 Å². The van der Waals surface area contributed by atoms with Crippen LogP contribution < -0.4 is 5.56 Å². The lowest BCUT2D eigenvalue weighted by molar-refractivity contribution is 0.629. The number of rotatable bonds is 2. The lowest BCUT2D eigenvalue weighted by atomic mass is 10.1. The van der Waals surface area contributed by atoms with Crippen LogP contribution in [0.25, 0.3) is 0 Å². The maximum absolute atomic E-state index is 11.1. The molecule has 0 aromatic carbocycles. The summed E-state index contributed by atoms with van der Waals surface area (Å²) in [6.07, 6.45) is 2.34. The predicted octanol–water partition coefficient (Wildman–Crippen LogP) is 1.28. The van der Waals surface area contributed by atoms with Gasteiger partial charge in [-0.15, -0.1) is 0 Å². The lowest BCUT2D eigenvalue weighted by Crippen LogP contribution is -2.14. The first-order valence-electron chi connectivity index (χ1n) is 4.14. The summed E-state index contributed by atoms with van der Waals surface area (Å²) in [5, 5.41) is 0. The molecule has 0 saturated heterocycles. The summed E-state index contributed by atoms with van der Waals surface area (Å²) in [6, 6.07) is 0. The molecule has 1 aromatic heterocycles. The van der Waals surface area contributed by atoms with Crippen molar-refractivity contribution < 1.29 is 0 Å². The maximum Gasteiger partial charge on any atom is 0.253 e. The van der Waals surface area contributed by atoms with E-state index in [4.69, 9.17) is 0 Å². The molecule has 0 radical (unpaired) electrons. The first-order valence-corrected chi connectivity index (χ1v) is 4.14. The van der Waals surface area contributed by atoms with Gasteiger partial charge in [0.05, 0.1) is 12.0 Å². The number of hydrogen-bond donors (Lipinski definition) is 1. The third kappa shape index (κ3) is 1.94. The fourth-order valence-electron chi connectivity index (χ4n) is 1.10. The Balaban J connectivity index is 3.00. The van der Waals surface area contributed by atoms with Crippen molar-refractivity contribution in [3.63, 3.8) is 0 Å². The van der Waals surface area contributed by atoms with Gasteiger partial charge in [-0.05, 0) is 19.3 Å². The standard InChI is InChI=1S/C9H14N2O/c1-6(2)4-8-7(3)9(12)11-5-10-8/h5-6H,4H2,1-3H3,(H,10,11,12). The normalized spacial score (nSPS) is 10.7. The molecule has 0 amide bonds. The van der Waals surface area contributed by atoms with Crippen LogP contribution in [-0.2, 0) is 6.42 Å². The van der Waals surface area contributed by atoms with Crippen molar-refractivity contribution in [3.8, 4) is 0 Å². The first-order chi connectivity index (χ1) is 5.61. The van der Waals surface area contributed by atoms with Crippen LogP contribution >= 0.6 is 0 Å². The van der Waals surface area contributed by atoms with Crippen LogP contribution in [0.3, 0.4) is 0 Å². The molecule has 3 nitrogen and oxygen atoms in total. The molecule has 0 spiro atoms. The summed E-state index contributed by atoms with van der Waals surface area (Å²) < 4.78 is 0. The number of H-pyrrole nitrogens is 1. The van der Waals surface area contributed by atoms with E-state index in [9.17, 15) is 4.79 Å². The van der Waals surface area contributed by atoms with Crippen LogP contribution in [-0.4, -0.2) is 9.97 Å². The Morgan fingerprint density at radius 2 is 2.25 bits per heavy atom. The molecule has 0 unspecified atom stereocenters. The molecule has 1 heterocycles. The van der Waals surface area contributed by atoms with E-state index in [-0.39, 0.29) is 5.56 Å². The topological polar surface area (TPSA) is 45.8 Å². The van der Waals surface area contributed by atoms with Crippen molar-refractivity contribution >= 4 is 0 Å². The van der Waals surface area contributed by atoms with Crippen molar-refractivity contribution in [2.45, 2.75) is 27.2 Å². The molecule has 0 saturated carbocycles. The van der Waals surface area contributed by atoms with E-state index in [1.165, 1.54) is 6.33 Å². The van der Waals surface area contributed by atoms with Crippen molar-refractivity contribution in [3.05, 3.63) is 27.9 Å². The molecule has 3 heteroatoms. The summed E-state index contributed by atoms with van der Waals surface area (Å²) in [6.45, 7) is 6.04. The highest BCUT2D eigenvalue weighted by Crippen LogP contribution is 2.05. The van der Waals surface area contributed by atoms with Crippen LogP contribution in [0.5, 0.6) is 0 Å². The zero-order valence-corrected chi connectivity index (χ0v) is 7.72. The fourth-order valence-corrected chi connectivity index (χ4v) is 1.10. The summed E-state index contributed by atoms with van der Waals surface area (Å²) >= 11 is 0. The molecule has 0 bridgehead atoms. The summed E-state index contributed by atoms with van der Waals surface area (Å²) in [4.78, 5) is 17.8. The number of hydrogen-bond acceptors (Lipinski definition) is 2. The van der Waals surface area contributed by atoms with E-state index >= 15 is 0 Å². The Morgan fingerprint density at radius 3 is 2.83 bits per heavy atom. The minimum absolute atomic E-state index is 0.0272. The second-order valence-electron chi connectivity index (χ2n) is 3.40. The van der Waals surface area contributed by atoms with Gasteiger partial charge >= 0.3 is 0 Å². The summed E-state index contributed by atoms with van der Waals surface area (Å²) in [7, 11) is 0. The van der Waals surface area contributed by atoms with Gasteiger partial charge in [0.2, 0.25) is 0 Å². The van der Waals surface area contributed by atoms with Gasteiger partial charge in [0.1, 0.15) is 0 Å². The molecule has 1 aromatic rings. The molecule has 0 aliphatic carbocycles. The highest BCUT2D eigenvalue weighted by molar-refractivity contribution is 5.14. The van der Waals surface area contributed by atoms with Crippen molar-refractivity contribution in [2.75, 3.05) is 0 Å². The van der Waals surface area contributed by atoms with Gasteiger partial charge in [-0.3, -0.25) is 4.79 Å². The maximum atomic E-state index is 11.1. The number of aromatic amines is 1. The summed E-state index contributed by atoms with van der Waals surface area (Å²) in [5.74, 6) is 0.540. The Labute approximate surface area is 71.9 Å². The van der Waals surface area contributed by atoms with E-state index in [2.05, 4.69) is 23.8 Å². The van der Waals surface area contributed by atoms with Crippen LogP contribution in [0.1, 0.15) is 25.1 Å². The number of nitrogens with one attached hydrogen (secondary N) is 1. The Kier molecular flexibility index (Phi) is 2.63. The molecule has 1 rings (SSSR count). The van der Waals surface area contributed by atoms with E-state index in [0.29, 0.717) is 5.92 Å². The lowest BCUT2D eigenvalue weighted by Gasteiger charge is -2.05. The van der Waals surface area contributed by atoms with Crippen molar-refractivity contribution in [1.29, 1.82) is 0 Å². The highest BCUT2D eigenvalue weighted by Gasteiger charge is 2.04. The van der Waals surface area contributed by atoms with Gasteiger partial charge in [0.15, 0.2) is 0 Å². The van der Waals surface area contributed by atoms with Crippen LogP contribution in [0, 0.1) is 12.8 Å². The molecule has 0 atom stereocenters. The monoisotopic (exact) mass is 166 g/mol. The first kappa shape index (κ1) is 8.97. The zero-order chi connectivity index (χ0) is 9.14. The Hall–Kier alpha value is -1.12. The minimum atomic E-state index is -0.0272. The second-order valence-corrected chi connectivity index (χ2v) is 3.40. The predicted molar refractivity (Wildman–Crippen MR) is 48.1 cm³/mol. The molecule has 12 heavy (non-hydrogen) atoms. The summed E-state index contributed by atoms with van der Waals surface area (Å²) in [5.41, 5.74) is 1.63. The Bertz CT molecular complexity index is 315. The van der Waals surface area contributed by atoms with Gasteiger partial charge in [0.25, 0.3) is 5.56 Å². The molecule has 1 N–H and O–H groups in total. The smallest absolute Gasteiger partial charge is 0.253 e. The third-order valence-corrected chi connectivity index (χ3v) is 1.79. The van der Waals surface area contributed by atoms with E-state index in [0.717, 1.165) is 17.7 Å².